The smallest absolute Gasteiger partial charge is 0.343 e. The van der Waals surface area contributed by atoms with Gasteiger partial charge in [-0.3, -0.25) is 4.79 Å². The van der Waals surface area contributed by atoms with Gasteiger partial charge >= 0.3 is 5.97 Å². The Kier molecular flexibility index (Phi) is 4.84. The van der Waals surface area contributed by atoms with Crippen LogP contribution in [0.4, 0.5) is 5.82 Å². The summed E-state index contributed by atoms with van der Waals surface area (Å²) < 4.78 is 5.43. The lowest BCUT2D eigenvalue weighted by molar-refractivity contribution is -0.121. The number of ether oxygens (including phenoxy) is 1. The minimum Gasteiger partial charge on any atom is -0.462 e. The van der Waals surface area contributed by atoms with E-state index in [0.29, 0.717) is 17.9 Å². The summed E-state index contributed by atoms with van der Waals surface area (Å²) in [6.07, 6.45) is 6.78. The van der Waals surface area contributed by atoms with E-state index in [-0.39, 0.29) is 29.4 Å². The van der Waals surface area contributed by atoms with Crippen molar-refractivity contribution in [1.82, 2.24) is 15.3 Å². The van der Waals surface area contributed by atoms with Crippen LogP contribution >= 0.6 is 12.2 Å². The average molecular weight is 350 g/mol. The molecule has 1 aliphatic heterocycles. The van der Waals surface area contributed by atoms with Crippen LogP contribution in [0.2, 0.25) is 0 Å². The maximum absolute atomic E-state index is 12.3. The zero-order valence-electron chi connectivity index (χ0n) is 13.8. The zero-order valence-corrected chi connectivity index (χ0v) is 14.6. The summed E-state index contributed by atoms with van der Waals surface area (Å²) in [4.78, 5) is 33.4. The van der Waals surface area contributed by atoms with E-state index < -0.39 is 5.97 Å². The number of nitrogens with zero attached hydrogens (tertiary/aromatic N) is 2. The van der Waals surface area contributed by atoms with Crippen LogP contribution in [0.15, 0.2) is 6.20 Å². The van der Waals surface area contributed by atoms with Crippen LogP contribution in [-0.2, 0) is 9.53 Å². The molecule has 1 aromatic rings. The van der Waals surface area contributed by atoms with Crippen molar-refractivity contribution in [2.24, 2.45) is 0 Å². The van der Waals surface area contributed by atoms with E-state index in [2.05, 4.69) is 15.3 Å². The van der Waals surface area contributed by atoms with E-state index in [1.165, 1.54) is 12.6 Å². The van der Waals surface area contributed by atoms with Crippen molar-refractivity contribution in [3.63, 3.8) is 0 Å². The Bertz CT molecular complexity index is 697. The Balaban J connectivity index is 2.06. The summed E-state index contributed by atoms with van der Waals surface area (Å²) >= 11 is 5.15. The van der Waals surface area contributed by atoms with Crippen LogP contribution in [0.1, 0.15) is 49.4 Å². The van der Waals surface area contributed by atoms with Crippen molar-refractivity contribution >= 4 is 29.9 Å². The molecule has 1 saturated heterocycles. The summed E-state index contributed by atoms with van der Waals surface area (Å²) in [5.41, 5.74) is 0.137. The van der Waals surface area contributed by atoms with Gasteiger partial charge in [0, 0.05) is 12.7 Å². The molecule has 1 saturated carbocycles. The van der Waals surface area contributed by atoms with Crippen molar-refractivity contribution in [2.45, 2.75) is 44.6 Å². The fourth-order valence-corrected chi connectivity index (χ4v) is 3.80. The van der Waals surface area contributed by atoms with Crippen LogP contribution in [0.5, 0.6) is 0 Å². The minimum atomic E-state index is -0.455. The number of anilines is 1. The molecule has 1 aliphatic carbocycles. The number of aromatic amines is 1. The fraction of sp³-hybridized carbons (Fsp3) is 0.625. The molecule has 2 fully saturated rings. The maximum Gasteiger partial charge on any atom is 0.343 e. The second-order valence-corrected chi connectivity index (χ2v) is 6.71. The van der Waals surface area contributed by atoms with E-state index >= 15 is 0 Å². The number of esters is 1. The largest absolute Gasteiger partial charge is 0.462 e. The SMILES string of the molecule is CCOC(=O)c1cnc(=S)[nH]c1N1CC(=O)NCC12CCCCC2. The topological polar surface area (TPSA) is 87.3 Å². The monoisotopic (exact) mass is 350 g/mol. The Labute approximate surface area is 145 Å². The molecule has 8 heteroatoms. The van der Waals surface area contributed by atoms with Crippen molar-refractivity contribution < 1.29 is 14.3 Å². The average Bonchev–Trinajstić information content (AvgIpc) is 2.58. The van der Waals surface area contributed by atoms with E-state index in [4.69, 9.17) is 17.0 Å². The van der Waals surface area contributed by atoms with Gasteiger partial charge in [-0.15, -0.1) is 0 Å². The second kappa shape index (κ2) is 6.88. The number of carbonyl (C=O) groups excluding carboxylic acids is 2. The van der Waals surface area contributed by atoms with Crippen LogP contribution in [-0.4, -0.2) is 47.1 Å². The van der Waals surface area contributed by atoms with Gasteiger partial charge in [0.15, 0.2) is 4.77 Å². The number of piperazine rings is 1. The highest BCUT2D eigenvalue weighted by Crippen LogP contribution is 2.38. The molecule has 130 valence electrons. The van der Waals surface area contributed by atoms with Crippen molar-refractivity contribution in [2.75, 3.05) is 24.6 Å². The summed E-state index contributed by atoms with van der Waals surface area (Å²) in [6.45, 7) is 2.81. The molecule has 0 radical (unpaired) electrons. The van der Waals surface area contributed by atoms with Crippen LogP contribution in [0.3, 0.4) is 0 Å². The molecule has 0 bridgehead atoms. The lowest BCUT2D eigenvalue weighted by atomic mass is 9.79. The highest BCUT2D eigenvalue weighted by atomic mass is 32.1. The van der Waals surface area contributed by atoms with Crippen LogP contribution in [0.25, 0.3) is 0 Å². The van der Waals surface area contributed by atoms with Gasteiger partial charge in [0.25, 0.3) is 0 Å². The minimum absolute atomic E-state index is 0.0582. The lowest BCUT2D eigenvalue weighted by Gasteiger charge is -2.50. The molecule has 3 rings (SSSR count). The summed E-state index contributed by atoms with van der Waals surface area (Å²) in [5.74, 6) is 0.0329. The summed E-state index contributed by atoms with van der Waals surface area (Å²) in [5, 5.41) is 2.98. The number of amides is 1. The highest BCUT2D eigenvalue weighted by Gasteiger charge is 2.43. The zero-order chi connectivity index (χ0) is 17.2. The molecular formula is C16H22N4O3S. The first-order valence-electron chi connectivity index (χ1n) is 8.36. The van der Waals surface area contributed by atoms with Crippen molar-refractivity contribution in [1.29, 1.82) is 0 Å². The Morgan fingerprint density at radius 3 is 2.88 bits per heavy atom. The Morgan fingerprint density at radius 1 is 1.42 bits per heavy atom. The van der Waals surface area contributed by atoms with Gasteiger partial charge in [0.2, 0.25) is 5.91 Å². The van der Waals surface area contributed by atoms with Gasteiger partial charge in [-0.25, -0.2) is 9.78 Å². The number of rotatable bonds is 3. The maximum atomic E-state index is 12.3. The molecule has 0 atom stereocenters. The Hall–Kier alpha value is -1.96. The third-order valence-corrected chi connectivity index (χ3v) is 5.04. The van der Waals surface area contributed by atoms with Crippen molar-refractivity contribution in [3.8, 4) is 0 Å². The molecule has 24 heavy (non-hydrogen) atoms. The molecule has 1 spiro atoms. The number of aromatic nitrogens is 2. The van der Waals surface area contributed by atoms with Gasteiger partial charge in [0.1, 0.15) is 11.4 Å². The van der Waals surface area contributed by atoms with Gasteiger partial charge < -0.3 is 19.9 Å². The first-order chi connectivity index (χ1) is 11.6. The molecule has 1 aromatic heterocycles. The van der Waals surface area contributed by atoms with Crippen LogP contribution < -0.4 is 10.2 Å². The summed E-state index contributed by atoms with van der Waals surface area (Å²) in [6, 6.07) is 0. The number of nitrogens with one attached hydrogen (secondary N) is 2. The molecule has 0 unspecified atom stereocenters. The molecule has 1 amide bonds. The van der Waals surface area contributed by atoms with Gasteiger partial charge in [-0.2, -0.15) is 0 Å². The predicted octanol–water partition coefficient (Wildman–Crippen LogP) is 1.95. The second-order valence-electron chi connectivity index (χ2n) is 6.32. The first kappa shape index (κ1) is 16.9. The standard InChI is InChI=1S/C16H22N4O3S/c1-2-23-14(22)11-8-17-15(24)19-13(11)20-9-12(21)18-10-16(20)6-4-3-5-7-16/h8H,2-7,9-10H2,1H3,(H,18,21)(H,17,19,24). The number of carbonyl (C=O) groups is 2. The third kappa shape index (κ3) is 3.15. The van der Waals surface area contributed by atoms with Crippen molar-refractivity contribution in [3.05, 3.63) is 16.5 Å². The molecular weight excluding hydrogens is 328 g/mol. The third-order valence-electron chi connectivity index (χ3n) is 4.83. The van der Waals surface area contributed by atoms with E-state index in [0.717, 1.165) is 25.7 Å². The molecule has 2 aliphatic rings. The Morgan fingerprint density at radius 2 is 2.17 bits per heavy atom. The first-order valence-corrected chi connectivity index (χ1v) is 8.77. The van der Waals surface area contributed by atoms with E-state index in [9.17, 15) is 9.59 Å². The van der Waals surface area contributed by atoms with Crippen LogP contribution in [0, 0.1) is 4.77 Å². The number of hydrogen-bond donors (Lipinski definition) is 2. The normalized spacial score (nSPS) is 19.9. The summed E-state index contributed by atoms with van der Waals surface area (Å²) in [7, 11) is 0. The van der Waals surface area contributed by atoms with E-state index in [1.807, 2.05) is 4.90 Å². The molecule has 2 heterocycles. The lowest BCUT2D eigenvalue weighted by Crippen LogP contribution is -2.64. The van der Waals surface area contributed by atoms with Gasteiger partial charge in [0.05, 0.1) is 18.7 Å². The highest BCUT2D eigenvalue weighted by molar-refractivity contribution is 7.71. The quantitative estimate of drug-likeness (QED) is 0.640. The van der Waals surface area contributed by atoms with Gasteiger partial charge in [-0.1, -0.05) is 19.3 Å². The van der Waals surface area contributed by atoms with Gasteiger partial charge in [-0.05, 0) is 32.0 Å². The number of H-pyrrole nitrogens is 1. The fourth-order valence-electron chi connectivity index (χ4n) is 3.65. The van der Waals surface area contributed by atoms with E-state index in [1.54, 1.807) is 6.92 Å². The molecule has 0 aromatic carbocycles. The number of hydrogen-bond acceptors (Lipinski definition) is 6. The molecule has 7 nitrogen and oxygen atoms in total. The molecule has 2 N–H and O–H groups in total. The predicted molar refractivity (Wildman–Crippen MR) is 91.5 cm³/mol.